The Bertz CT molecular complexity index is 418. The molecule has 1 rings (SSSR count). The zero-order chi connectivity index (χ0) is 16.1. The lowest BCUT2D eigenvalue weighted by Gasteiger charge is -2.17. The summed E-state index contributed by atoms with van der Waals surface area (Å²) in [7, 11) is 0. The molecule has 1 amide bonds. The van der Waals surface area contributed by atoms with Crippen molar-refractivity contribution in [1.82, 2.24) is 4.90 Å². The number of hydrogen-bond acceptors (Lipinski definition) is 4. The second-order valence-electron chi connectivity index (χ2n) is 3.73. The summed E-state index contributed by atoms with van der Waals surface area (Å²) in [5.74, 6) is -6.32. The number of alkyl halides is 5. The van der Waals surface area contributed by atoms with Crippen LogP contribution >= 0.6 is 0 Å². The first kappa shape index (κ1) is 18.0. The lowest BCUT2D eigenvalue weighted by Crippen LogP contribution is -2.39. The van der Waals surface area contributed by atoms with Crippen LogP contribution in [0.4, 0.5) is 22.0 Å². The Balaban J connectivity index is 0.000000441. The van der Waals surface area contributed by atoms with Crippen molar-refractivity contribution in [2.75, 3.05) is 13.1 Å². The van der Waals surface area contributed by atoms with E-state index in [-0.39, 0.29) is 6.54 Å². The fraction of sp³-hybridized carbons (Fsp3) is 0.667. The van der Waals surface area contributed by atoms with Crippen molar-refractivity contribution in [1.29, 1.82) is 5.26 Å². The highest BCUT2D eigenvalue weighted by Gasteiger charge is 2.46. The lowest BCUT2D eigenvalue weighted by molar-refractivity contribution is -0.192. The summed E-state index contributed by atoms with van der Waals surface area (Å²) in [5.41, 5.74) is 5.01. The normalized spacial score (nSPS) is 20.6. The van der Waals surface area contributed by atoms with Gasteiger partial charge in [-0.1, -0.05) is 0 Å². The molecule has 114 valence electrons. The number of nitriles is 1. The highest BCUT2D eigenvalue weighted by Crippen LogP contribution is 2.31. The molecule has 1 heterocycles. The second kappa shape index (κ2) is 6.47. The van der Waals surface area contributed by atoms with Gasteiger partial charge in [-0.3, -0.25) is 4.79 Å². The molecule has 1 atom stereocenters. The Morgan fingerprint density at radius 2 is 1.90 bits per heavy atom. The van der Waals surface area contributed by atoms with Gasteiger partial charge in [-0.15, -0.1) is 0 Å². The molecule has 0 aromatic carbocycles. The molecule has 6 nitrogen and oxygen atoms in total. The van der Waals surface area contributed by atoms with E-state index < -0.39 is 43.0 Å². The molecule has 0 spiro atoms. The summed E-state index contributed by atoms with van der Waals surface area (Å²) in [6.07, 6.45) is -5.67. The maximum absolute atomic E-state index is 12.7. The lowest BCUT2D eigenvalue weighted by atomic mass is 10.2. The van der Waals surface area contributed by atoms with Crippen LogP contribution in [0.1, 0.15) is 6.42 Å². The molecule has 0 bridgehead atoms. The second-order valence-corrected chi connectivity index (χ2v) is 3.73. The van der Waals surface area contributed by atoms with Gasteiger partial charge in [-0.05, 0) is 0 Å². The molecule has 11 heteroatoms. The number of carbonyl (C=O) groups is 2. The average Bonchev–Trinajstić information content (AvgIpc) is 2.63. The van der Waals surface area contributed by atoms with Crippen LogP contribution in [-0.4, -0.2) is 53.1 Å². The Hall–Kier alpha value is -1.96. The van der Waals surface area contributed by atoms with E-state index in [1.54, 1.807) is 6.07 Å². The number of nitrogens with two attached hydrogens (primary N) is 1. The quantitative estimate of drug-likeness (QED) is 0.679. The zero-order valence-corrected chi connectivity index (χ0v) is 9.82. The van der Waals surface area contributed by atoms with Crippen LogP contribution < -0.4 is 5.73 Å². The first-order chi connectivity index (χ1) is 8.94. The number of carboxylic acids is 1. The van der Waals surface area contributed by atoms with Crippen molar-refractivity contribution < 1.29 is 36.6 Å². The number of aliphatic carboxylic acids is 1. The van der Waals surface area contributed by atoms with Crippen LogP contribution in [0.5, 0.6) is 0 Å². The van der Waals surface area contributed by atoms with Crippen LogP contribution in [0.3, 0.4) is 0 Å². The van der Waals surface area contributed by atoms with Gasteiger partial charge in [-0.2, -0.15) is 18.4 Å². The number of hydrogen-bond donors (Lipinski definition) is 2. The molecule has 1 aliphatic rings. The number of rotatable bonds is 1. The van der Waals surface area contributed by atoms with Gasteiger partial charge < -0.3 is 15.7 Å². The molecule has 0 radical (unpaired) electrons. The summed E-state index contributed by atoms with van der Waals surface area (Å²) in [6, 6.07) is 0.618. The maximum atomic E-state index is 12.7. The Morgan fingerprint density at radius 1 is 1.45 bits per heavy atom. The van der Waals surface area contributed by atoms with Gasteiger partial charge in [-0.25, -0.2) is 13.6 Å². The van der Waals surface area contributed by atoms with E-state index in [0.29, 0.717) is 0 Å². The van der Waals surface area contributed by atoms with Crippen LogP contribution in [0, 0.1) is 11.3 Å². The Labute approximate surface area is 109 Å². The van der Waals surface area contributed by atoms with Crippen LogP contribution in [-0.2, 0) is 9.59 Å². The number of amides is 1. The monoisotopic (exact) mass is 303 g/mol. The van der Waals surface area contributed by atoms with Crippen LogP contribution in [0.2, 0.25) is 0 Å². The molecule has 0 aliphatic carbocycles. The molecule has 20 heavy (non-hydrogen) atoms. The van der Waals surface area contributed by atoms with Crippen LogP contribution in [0.15, 0.2) is 0 Å². The SMILES string of the molecule is N#CC1CC(F)(F)CN1C(=O)CN.O=C(O)C(F)(F)F. The maximum Gasteiger partial charge on any atom is 0.490 e. The van der Waals surface area contributed by atoms with Gasteiger partial charge in [0.25, 0.3) is 5.92 Å². The average molecular weight is 303 g/mol. The molecule has 1 unspecified atom stereocenters. The third-order valence-corrected chi connectivity index (χ3v) is 2.16. The minimum absolute atomic E-state index is 0.339. The summed E-state index contributed by atoms with van der Waals surface area (Å²) in [4.78, 5) is 20.7. The van der Waals surface area contributed by atoms with Gasteiger partial charge >= 0.3 is 12.1 Å². The minimum atomic E-state index is -5.08. The zero-order valence-electron chi connectivity index (χ0n) is 9.82. The first-order valence-corrected chi connectivity index (χ1v) is 5.01. The topological polar surface area (TPSA) is 107 Å². The Kier molecular flexibility index (Phi) is 5.83. The first-order valence-electron chi connectivity index (χ1n) is 5.01. The van der Waals surface area contributed by atoms with E-state index in [2.05, 4.69) is 0 Å². The highest BCUT2D eigenvalue weighted by molar-refractivity contribution is 5.79. The van der Waals surface area contributed by atoms with Crippen molar-refractivity contribution in [3.8, 4) is 6.07 Å². The predicted molar refractivity (Wildman–Crippen MR) is 53.4 cm³/mol. The number of nitrogens with zero attached hydrogens (tertiary/aromatic N) is 2. The van der Waals surface area contributed by atoms with E-state index in [0.717, 1.165) is 4.90 Å². The largest absolute Gasteiger partial charge is 0.490 e. The number of carbonyl (C=O) groups excluding carboxylic acids is 1. The van der Waals surface area contributed by atoms with Gasteiger partial charge in [0, 0.05) is 6.42 Å². The van der Waals surface area contributed by atoms with Crippen molar-refractivity contribution in [3.63, 3.8) is 0 Å². The van der Waals surface area contributed by atoms with E-state index in [1.807, 2.05) is 0 Å². The molecule has 1 aliphatic heterocycles. The number of carboxylic acid groups (broad SMARTS) is 1. The fourth-order valence-corrected chi connectivity index (χ4v) is 1.31. The fourth-order valence-electron chi connectivity index (χ4n) is 1.31. The number of halogens is 5. The summed E-state index contributed by atoms with van der Waals surface area (Å²) in [5, 5.41) is 15.6. The summed E-state index contributed by atoms with van der Waals surface area (Å²) in [6.45, 7) is -1.03. The molecule has 1 fully saturated rings. The predicted octanol–water partition coefficient (Wildman–Crippen LogP) is 0.338. The van der Waals surface area contributed by atoms with E-state index in [9.17, 15) is 26.7 Å². The van der Waals surface area contributed by atoms with Crippen molar-refractivity contribution in [2.24, 2.45) is 5.73 Å². The van der Waals surface area contributed by atoms with Crippen molar-refractivity contribution in [2.45, 2.75) is 24.6 Å². The third kappa shape index (κ3) is 5.35. The molecule has 0 aromatic rings. The Morgan fingerprint density at radius 3 is 2.20 bits per heavy atom. The minimum Gasteiger partial charge on any atom is -0.475 e. The standard InChI is InChI=1S/C7H9F2N3O.C2HF3O2/c8-7(9)1-5(2-10)12(4-7)6(13)3-11;3-2(4,5)1(6)7/h5H,1,3-4,11H2;(H,6,7). The molecule has 0 aromatic heterocycles. The van der Waals surface area contributed by atoms with E-state index in [4.69, 9.17) is 20.9 Å². The van der Waals surface area contributed by atoms with Gasteiger partial charge in [0.05, 0.1) is 19.2 Å². The molecule has 0 saturated carbocycles. The molecular weight excluding hydrogens is 293 g/mol. The molecular formula is C9H10F5N3O3. The van der Waals surface area contributed by atoms with Gasteiger partial charge in [0.2, 0.25) is 5.91 Å². The van der Waals surface area contributed by atoms with Gasteiger partial charge in [0.15, 0.2) is 0 Å². The highest BCUT2D eigenvalue weighted by atomic mass is 19.4. The summed E-state index contributed by atoms with van der Waals surface area (Å²) < 4.78 is 57.2. The van der Waals surface area contributed by atoms with E-state index in [1.165, 1.54) is 0 Å². The van der Waals surface area contributed by atoms with Crippen molar-refractivity contribution in [3.05, 3.63) is 0 Å². The number of likely N-dealkylation sites (tertiary alicyclic amines) is 1. The van der Waals surface area contributed by atoms with E-state index >= 15 is 0 Å². The third-order valence-electron chi connectivity index (χ3n) is 2.16. The van der Waals surface area contributed by atoms with Gasteiger partial charge in [0.1, 0.15) is 6.04 Å². The van der Waals surface area contributed by atoms with Crippen LogP contribution in [0.25, 0.3) is 0 Å². The molecule has 3 N–H and O–H groups in total. The van der Waals surface area contributed by atoms with Crippen molar-refractivity contribution >= 4 is 11.9 Å². The smallest absolute Gasteiger partial charge is 0.475 e. The molecule has 1 saturated heterocycles. The summed E-state index contributed by atoms with van der Waals surface area (Å²) >= 11 is 0.